The van der Waals surface area contributed by atoms with E-state index < -0.39 is 49.2 Å². The molecule has 3 aromatic carbocycles. The van der Waals surface area contributed by atoms with Crippen molar-refractivity contribution in [2.24, 2.45) is 0 Å². The van der Waals surface area contributed by atoms with Crippen LogP contribution in [-0.4, -0.2) is 49.2 Å². The van der Waals surface area contributed by atoms with Crippen LogP contribution in [0.4, 0.5) is 4.39 Å². The van der Waals surface area contributed by atoms with Crippen LogP contribution < -0.4 is 0 Å². The smallest absolute Gasteiger partial charge is 0.340 e. The van der Waals surface area contributed by atoms with E-state index in [0.29, 0.717) is 5.56 Å². The van der Waals surface area contributed by atoms with Crippen LogP contribution in [0.25, 0.3) is 0 Å². The lowest BCUT2D eigenvalue weighted by atomic mass is 10.1. The van der Waals surface area contributed by atoms with Gasteiger partial charge < -0.3 is 18.9 Å². The SMILES string of the molecule is O=C(OCC1OC(OC(=O)c2ccccc2)[C@@H](F)[C@@H]1OC(=O)c1ccccc1)c1ccccc1. The molecule has 7 nitrogen and oxygen atoms in total. The molecule has 0 aliphatic carbocycles. The molecule has 0 amide bonds. The van der Waals surface area contributed by atoms with Crippen LogP contribution in [0.2, 0.25) is 0 Å². The second kappa shape index (κ2) is 10.7. The van der Waals surface area contributed by atoms with Gasteiger partial charge in [-0.1, -0.05) is 54.6 Å². The first kappa shape index (κ1) is 23.1. The number of carbonyl (C=O) groups is 3. The quantitative estimate of drug-likeness (QED) is 0.386. The Hall–Kier alpha value is -4.04. The molecule has 1 aliphatic rings. The Bertz CT molecular complexity index is 1120. The van der Waals surface area contributed by atoms with Crippen molar-refractivity contribution >= 4 is 17.9 Å². The summed E-state index contributed by atoms with van der Waals surface area (Å²) >= 11 is 0. The van der Waals surface area contributed by atoms with Crippen LogP contribution >= 0.6 is 0 Å². The molecule has 8 heteroatoms. The molecule has 1 aliphatic heterocycles. The summed E-state index contributed by atoms with van der Waals surface area (Å²) in [6.45, 7) is -0.416. The van der Waals surface area contributed by atoms with Crippen molar-refractivity contribution in [2.75, 3.05) is 6.61 Å². The lowest BCUT2D eigenvalue weighted by molar-refractivity contribution is -0.129. The molecule has 174 valence electrons. The van der Waals surface area contributed by atoms with E-state index in [0.717, 1.165) is 0 Å². The number of carbonyl (C=O) groups excluding carboxylic acids is 3. The van der Waals surface area contributed by atoms with Gasteiger partial charge in [-0.15, -0.1) is 0 Å². The van der Waals surface area contributed by atoms with Gasteiger partial charge in [-0.3, -0.25) is 0 Å². The topological polar surface area (TPSA) is 88.1 Å². The Kier molecular flexibility index (Phi) is 7.29. The van der Waals surface area contributed by atoms with E-state index in [2.05, 4.69) is 0 Å². The minimum atomic E-state index is -2.00. The third-order valence-electron chi connectivity index (χ3n) is 5.12. The van der Waals surface area contributed by atoms with Crippen LogP contribution in [0.15, 0.2) is 91.0 Å². The van der Waals surface area contributed by atoms with Gasteiger partial charge in [-0.2, -0.15) is 0 Å². The Labute approximate surface area is 195 Å². The minimum absolute atomic E-state index is 0.204. The van der Waals surface area contributed by atoms with Crippen molar-refractivity contribution in [1.82, 2.24) is 0 Å². The maximum absolute atomic E-state index is 15.3. The first-order chi connectivity index (χ1) is 16.5. The summed E-state index contributed by atoms with van der Waals surface area (Å²) in [5.74, 6) is -2.24. The molecule has 0 N–H and O–H groups in total. The zero-order valence-electron chi connectivity index (χ0n) is 17.9. The second-order valence-corrected chi connectivity index (χ2v) is 7.46. The van der Waals surface area contributed by atoms with Gasteiger partial charge in [-0.05, 0) is 36.4 Å². The second-order valence-electron chi connectivity index (χ2n) is 7.46. The van der Waals surface area contributed by atoms with Gasteiger partial charge in [0, 0.05) is 0 Å². The van der Waals surface area contributed by atoms with E-state index in [1.54, 1.807) is 66.7 Å². The van der Waals surface area contributed by atoms with Gasteiger partial charge in [0.25, 0.3) is 0 Å². The number of esters is 3. The fourth-order valence-corrected chi connectivity index (χ4v) is 3.38. The van der Waals surface area contributed by atoms with Gasteiger partial charge >= 0.3 is 17.9 Å². The van der Waals surface area contributed by atoms with Crippen molar-refractivity contribution < 1.29 is 37.7 Å². The van der Waals surface area contributed by atoms with E-state index >= 15 is 4.39 Å². The molecule has 2 unspecified atom stereocenters. The summed E-state index contributed by atoms with van der Waals surface area (Å²) in [6, 6.07) is 24.2. The highest BCUT2D eigenvalue weighted by Gasteiger charge is 2.50. The molecule has 4 rings (SSSR count). The van der Waals surface area contributed by atoms with Crippen molar-refractivity contribution in [1.29, 1.82) is 0 Å². The van der Waals surface area contributed by atoms with Crippen LogP contribution in [0.5, 0.6) is 0 Å². The third-order valence-corrected chi connectivity index (χ3v) is 5.12. The first-order valence-corrected chi connectivity index (χ1v) is 10.6. The van der Waals surface area contributed by atoms with E-state index in [4.69, 9.17) is 18.9 Å². The molecule has 1 heterocycles. The van der Waals surface area contributed by atoms with Crippen LogP contribution in [-0.2, 0) is 18.9 Å². The fraction of sp³-hybridized carbons (Fsp3) is 0.192. The summed E-state index contributed by atoms with van der Waals surface area (Å²) in [5.41, 5.74) is 0.705. The van der Waals surface area contributed by atoms with Gasteiger partial charge in [0.1, 0.15) is 12.7 Å². The molecular weight excluding hydrogens is 443 g/mol. The Morgan fingerprint density at radius 2 is 1.12 bits per heavy atom. The summed E-state index contributed by atoms with van der Waals surface area (Å²) in [6.07, 6.45) is -6.31. The Morgan fingerprint density at radius 1 is 0.676 bits per heavy atom. The van der Waals surface area contributed by atoms with E-state index in [-0.39, 0.29) is 11.1 Å². The highest BCUT2D eigenvalue weighted by molar-refractivity contribution is 5.90. The van der Waals surface area contributed by atoms with Crippen molar-refractivity contribution in [3.8, 4) is 0 Å². The van der Waals surface area contributed by atoms with E-state index in [1.165, 1.54) is 24.3 Å². The lowest BCUT2D eigenvalue weighted by Crippen LogP contribution is -2.37. The zero-order valence-corrected chi connectivity index (χ0v) is 17.9. The average Bonchev–Trinajstić information content (AvgIpc) is 3.17. The summed E-state index contributed by atoms with van der Waals surface area (Å²) in [4.78, 5) is 37.2. The summed E-state index contributed by atoms with van der Waals surface area (Å²) < 4.78 is 36.6. The number of rotatable bonds is 7. The van der Waals surface area contributed by atoms with Crippen LogP contribution in [0.1, 0.15) is 31.1 Å². The van der Waals surface area contributed by atoms with E-state index in [1.807, 2.05) is 0 Å². The zero-order chi connectivity index (χ0) is 23.9. The van der Waals surface area contributed by atoms with Crippen LogP contribution in [0.3, 0.4) is 0 Å². The lowest BCUT2D eigenvalue weighted by Gasteiger charge is -2.19. The van der Waals surface area contributed by atoms with Gasteiger partial charge in [0.2, 0.25) is 12.5 Å². The molecule has 4 atom stereocenters. The molecule has 1 fully saturated rings. The minimum Gasteiger partial charge on any atom is -0.459 e. The summed E-state index contributed by atoms with van der Waals surface area (Å²) in [7, 11) is 0. The molecule has 0 radical (unpaired) electrons. The van der Waals surface area contributed by atoms with Gasteiger partial charge in [0.15, 0.2) is 6.10 Å². The Morgan fingerprint density at radius 3 is 1.62 bits per heavy atom. The number of ether oxygens (including phenoxy) is 4. The predicted octanol–water partition coefficient (Wildman–Crippen LogP) is 3.99. The number of halogens is 1. The highest BCUT2D eigenvalue weighted by Crippen LogP contribution is 2.29. The fourth-order valence-electron chi connectivity index (χ4n) is 3.38. The standard InChI is InChI=1S/C26H21FO7/c27-21-22(33-24(29)18-12-6-2-7-13-18)20(16-31-23(28)17-10-4-1-5-11-17)32-26(21)34-25(30)19-14-8-3-9-15-19/h1-15,20-22,26H,16H2/t20?,21-,22+,26?/m0/s1. The van der Waals surface area contributed by atoms with Crippen molar-refractivity contribution in [3.05, 3.63) is 108 Å². The molecule has 1 saturated heterocycles. The monoisotopic (exact) mass is 464 g/mol. The highest BCUT2D eigenvalue weighted by atomic mass is 19.1. The largest absolute Gasteiger partial charge is 0.459 e. The number of hydrogen-bond donors (Lipinski definition) is 0. The molecule has 0 aromatic heterocycles. The van der Waals surface area contributed by atoms with Gasteiger partial charge in [0.05, 0.1) is 16.7 Å². The van der Waals surface area contributed by atoms with Crippen molar-refractivity contribution in [3.63, 3.8) is 0 Å². The van der Waals surface area contributed by atoms with Gasteiger partial charge in [-0.25, -0.2) is 18.8 Å². The number of alkyl halides is 1. The Balaban J connectivity index is 1.47. The summed E-state index contributed by atoms with van der Waals surface area (Å²) in [5, 5.41) is 0. The first-order valence-electron chi connectivity index (χ1n) is 10.6. The maximum atomic E-state index is 15.3. The normalized spacial score (nSPS) is 21.4. The molecule has 3 aromatic rings. The van der Waals surface area contributed by atoms with Crippen molar-refractivity contribution in [2.45, 2.75) is 24.7 Å². The van der Waals surface area contributed by atoms with E-state index in [9.17, 15) is 14.4 Å². The molecule has 0 saturated carbocycles. The molecular formula is C26H21FO7. The molecule has 34 heavy (non-hydrogen) atoms. The predicted molar refractivity (Wildman–Crippen MR) is 118 cm³/mol. The maximum Gasteiger partial charge on any atom is 0.340 e. The third kappa shape index (κ3) is 5.47. The van der Waals surface area contributed by atoms with Crippen LogP contribution in [0, 0.1) is 0 Å². The molecule has 0 spiro atoms. The average molecular weight is 464 g/mol. The molecule has 0 bridgehead atoms. The number of hydrogen-bond acceptors (Lipinski definition) is 7. The number of benzene rings is 3.